The highest BCUT2D eigenvalue weighted by Crippen LogP contribution is 2.15. The van der Waals surface area contributed by atoms with E-state index >= 15 is 0 Å². The Labute approximate surface area is 110 Å². The van der Waals surface area contributed by atoms with E-state index in [0.717, 1.165) is 12.1 Å². The van der Waals surface area contributed by atoms with Gasteiger partial charge < -0.3 is 14.2 Å². The van der Waals surface area contributed by atoms with Crippen molar-refractivity contribution in [3.63, 3.8) is 0 Å². The van der Waals surface area contributed by atoms with Crippen LogP contribution in [0, 0.1) is 0 Å². The minimum atomic E-state index is -0.0771. The van der Waals surface area contributed by atoms with E-state index in [4.69, 9.17) is 9.63 Å². The maximum absolute atomic E-state index is 9.11. The highest BCUT2D eigenvalue weighted by Gasteiger charge is 2.04. The van der Waals surface area contributed by atoms with Gasteiger partial charge in [-0.25, -0.2) is 4.98 Å². The summed E-state index contributed by atoms with van der Waals surface area (Å²) in [4.78, 5) is 4.01. The molecular weight excluding hydrogens is 242 g/mol. The van der Waals surface area contributed by atoms with Crippen LogP contribution in [0.5, 0.6) is 5.88 Å². The summed E-state index contributed by atoms with van der Waals surface area (Å²) in [5.41, 5.74) is 2.33. The Hall–Kier alpha value is -2.56. The van der Waals surface area contributed by atoms with Crippen molar-refractivity contribution < 1.29 is 9.63 Å². The Morgan fingerprint density at radius 2 is 1.95 bits per heavy atom. The molecule has 3 rings (SSSR count). The lowest BCUT2D eigenvalue weighted by molar-refractivity contribution is 0.344. The average molecular weight is 255 g/mol. The zero-order chi connectivity index (χ0) is 13.1. The number of aromatic hydroxyl groups is 1. The van der Waals surface area contributed by atoms with Crippen LogP contribution >= 0.6 is 0 Å². The fourth-order valence-corrected chi connectivity index (χ4v) is 1.94. The zero-order valence-electron chi connectivity index (χ0n) is 10.2. The maximum atomic E-state index is 9.11. The first-order valence-corrected chi connectivity index (χ1v) is 5.98. The summed E-state index contributed by atoms with van der Waals surface area (Å²) in [6, 6.07) is 9.77. The predicted molar refractivity (Wildman–Crippen MR) is 68.7 cm³/mol. The van der Waals surface area contributed by atoms with E-state index < -0.39 is 0 Å². The van der Waals surface area contributed by atoms with Crippen molar-refractivity contribution in [2.45, 2.75) is 13.0 Å². The average Bonchev–Trinajstić information content (AvgIpc) is 3.04. The fourth-order valence-electron chi connectivity index (χ4n) is 1.94. The molecule has 2 aromatic heterocycles. The SMILES string of the molecule is Oc1cc(Cc2ccc(Cn3ccnc3)cc2)on1. The Balaban J connectivity index is 1.68. The minimum Gasteiger partial charge on any atom is -0.491 e. The summed E-state index contributed by atoms with van der Waals surface area (Å²) in [6.45, 7) is 0.809. The summed E-state index contributed by atoms with van der Waals surface area (Å²) in [6.07, 6.45) is 6.13. The van der Waals surface area contributed by atoms with E-state index in [2.05, 4.69) is 22.3 Å². The van der Waals surface area contributed by atoms with Gasteiger partial charge in [-0.3, -0.25) is 0 Å². The number of benzene rings is 1. The highest BCUT2D eigenvalue weighted by atomic mass is 16.5. The topological polar surface area (TPSA) is 64.1 Å². The Kier molecular flexibility index (Phi) is 3.02. The Morgan fingerprint density at radius 1 is 1.16 bits per heavy atom. The van der Waals surface area contributed by atoms with Crippen LogP contribution in [-0.2, 0) is 13.0 Å². The van der Waals surface area contributed by atoms with Crippen LogP contribution in [0.2, 0.25) is 0 Å². The van der Waals surface area contributed by atoms with Gasteiger partial charge in [0.2, 0.25) is 0 Å². The summed E-state index contributed by atoms with van der Waals surface area (Å²) in [5.74, 6) is 0.576. The zero-order valence-corrected chi connectivity index (χ0v) is 10.2. The molecule has 2 heterocycles. The smallest absolute Gasteiger partial charge is 0.251 e. The van der Waals surface area contributed by atoms with Crippen LogP contribution in [0.15, 0.2) is 53.6 Å². The molecule has 5 nitrogen and oxygen atoms in total. The molecule has 0 fully saturated rings. The van der Waals surface area contributed by atoms with Gasteiger partial charge >= 0.3 is 0 Å². The third-order valence-electron chi connectivity index (χ3n) is 2.87. The van der Waals surface area contributed by atoms with Crippen molar-refractivity contribution in [3.05, 3.63) is 65.9 Å². The molecule has 3 aromatic rings. The van der Waals surface area contributed by atoms with Gasteiger partial charge in [0.15, 0.2) is 0 Å². The minimum absolute atomic E-state index is 0.0771. The van der Waals surface area contributed by atoms with Crippen molar-refractivity contribution in [1.29, 1.82) is 0 Å². The molecule has 0 saturated carbocycles. The van der Waals surface area contributed by atoms with Crippen molar-refractivity contribution in [2.24, 2.45) is 0 Å². The summed E-state index contributed by atoms with van der Waals surface area (Å²) >= 11 is 0. The van der Waals surface area contributed by atoms with E-state index in [1.54, 1.807) is 12.5 Å². The normalized spacial score (nSPS) is 10.7. The van der Waals surface area contributed by atoms with Crippen molar-refractivity contribution in [3.8, 4) is 5.88 Å². The maximum Gasteiger partial charge on any atom is 0.251 e. The van der Waals surface area contributed by atoms with E-state index in [-0.39, 0.29) is 5.88 Å². The first-order chi connectivity index (χ1) is 9.29. The molecule has 0 radical (unpaired) electrons. The first-order valence-electron chi connectivity index (χ1n) is 5.98. The molecule has 96 valence electrons. The molecule has 19 heavy (non-hydrogen) atoms. The second-order valence-corrected chi connectivity index (χ2v) is 4.38. The van der Waals surface area contributed by atoms with Crippen molar-refractivity contribution >= 4 is 0 Å². The van der Waals surface area contributed by atoms with Gasteiger partial charge in [0.25, 0.3) is 5.88 Å². The molecular formula is C14H13N3O2. The molecule has 1 aromatic carbocycles. The Morgan fingerprint density at radius 3 is 2.58 bits per heavy atom. The number of rotatable bonds is 4. The second kappa shape index (κ2) is 4.97. The lowest BCUT2D eigenvalue weighted by atomic mass is 10.1. The molecule has 5 heteroatoms. The number of hydrogen-bond donors (Lipinski definition) is 1. The van der Waals surface area contributed by atoms with Gasteiger partial charge in [-0.15, -0.1) is 0 Å². The number of aromatic nitrogens is 3. The van der Waals surface area contributed by atoms with Crippen LogP contribution in [-0.4, -0.2) is 19.8 Å². The van der Waals surface area contributed by atoms with Gasteiger partial charge in [-0.05, 0) is 16.3 Å². The van der Waals surface area contributed by atoms with Crippen LogP contribution < -0.4 is 0 Å². The fraction of sp³-hybridized carbons (Fsp3) is 0.143. The van der Waals surface area contributed by atoms with Gasteiger partial charge in [0, 0.05) is 31.4 Å². The third-order valence-corrected chi connectivity index (χ3v) is 2.87. The molecule has 0 saturated heterocycles. The summed E-state index contributed by atoms with van der Waals surface area (Å²) in [7, 11) is 0. The lowest BCUT2D eigenvalue weighted by Gasteiger charge is -2.04. The standard InChI is InChI=1S/C14H13N3O2/c18-14-8-13(19-16-14)7-11-1-3-12(4-2-11)9-17-6-5-15-10-17/h1-6,8,10H,7,9H2,(H,16,18). The number of imidazole rings is 1. The van der Waals surface area contributed by atoms with Crippen LogP contribution in [0.25, 0.3) is 0 Å². The monoisotopic (exact) mass is 255 g/mol. The molecule has 0 amide bonds. The molecule has 0 aliphatic rings. The summed E-state index contributed by atoms with van der Waals surface area (Å²) < 4.78 is 6.99. The van der Waals surface area contributed by atoms with Gasteiger partial charge in [-0.1, -0.05) is 24.3 Å². The van der Waals surface area contributed by atoms with Crippen LogP contribution in [0.3, 0.4) is 0 Å². The van der Waals surface area contributed by atoms with Crippen molar-refractivity contribution in [2.75, 3.05) is 0 Å². The quantitative estimate of drug-likeness (QED) is 0.776. The molecule has 0 atom stereocenters. The first kappa shape index (κ1) is 11.5. The van der Waals surface area contributed by atoms with E-state index in [1.807, 2.05) is 22.9 Å². The number of hydrogen-bond acceptors (Lipinski definition) is 4. The largest absolute Gasteiger partial charge is 0.491 e. The van der Waals surface area contributed by atoms with Gasteiger partial charge in [0.05, 0.1) is 6.33 Å². The molecule has 0 aliphatic carbocycles. The van der Waals surface area contributed by atoms with Crippen LogP contribution in [0.1, 0.15) is 16.9 Å². The van der Waals surface area contributed by atoms with Gasteiger partial charge in [0.1, 0.15) is 5.76 Å². The number of nitrogens with zero attached hydrogens (tertiary/aromatic N) is 3. The predicted octanol–water partition coefficient (Wildman–Crippen LogP) is 2.22. The highest BCUT2D eigenvalue weighted by molar-refractivity contribution is 5.26. The van der Waals surface area contributed by atoms with E-state index in [9.17, 15) is 0 Å². The van der Waals surface area contributed by atoms with Crippen molar-refractivity contribution in [1.82, 2.24) is 14.7 Å². The van der Waals surface area contributed by atoms with E-state index in [0.29, 0.717) is 12.2 Å². The molecule has 0 bridgehead atoms. The summed E-state index contributed by atoms with van der Waals surface area (Å²) in [5, 5.41) is 12.6. The molecule has 0 aliphatic heterocycles. The molecule has 1 N–H and O–H groups in total. The van der Waals surface area contributed by atoms with Gasteiger partial charge in [-0.2, -0.15) is 0 Å². The Bertz CT molecular complexity index is 642. The van der Waals surface area contributed by atoms with Crippen LogP contribution in [0.4, 0.5) is 0 Å². The third kappa shape index (κ3) is 2.82. The molecule has 0 unspecified atom stereocenters. The second-order valence-electron chi connectivity index (χ2n) is 4.38. The van der Waals surface area contributed by atoms with E-state index in [1.165, 1.54) is 11.6 Å². The lowest BCUT2D eigenvalue weighted by Crippen LogP contribution is -1.96. The molecule has 0 spiro atoms.